The van der Waals surface area contributed by atoms with Gasteiger partial charge in [-0.05, 0) is 42.2 Å². The third-order valence-electron chi connectivity index (χ3n) is 4.96. The Balaban J connectivity index is 1.57. The van der Waals surface area contributed by atoms with Crippen molar-refractivity contribution in [1.29, 1.82) is 0 Å². The van der Waals surface area contributed by atoms with Crippen LogP contribution in [0.1, 0.15) is 34.0 Å². The second kappa shape index (κ2) is 5.81. The molecule has 1 aliphatic carbocycles. The zero-order chi connectivity index (χ0) is 17.7. The smallest absolute Gasteiger partial charge is 0.229 e. The van der Waals surface area contributed by atoms with Crippen molar-refractivity contribution in [3.8, 4) is 5.95 Å². The van der Waals surface area contributed by atoms with E-state index in [-0.39, 0.29) is 11.7 Å². The number of hydrogen-bond donors (Lipinski definition) is 1. The Morgan fingerprint density at radius 1 is 1.08 bits per heavy atom. The highest BCUT2D eigenvalue weighted by atomic mass is 35.5. The molecule has 0 aliphatic heterocycles. The van der Waals surface area contributed by atoms with Crippen LogP contribution in [0.2, 0.25) is 5.02 Å². The standard InChI is InChI=1S/C20H15ClN4O/c21-14-7-5-12(6-8-14)13-9-18-15(19(26)10-13)11-22-25(18)20-23-16-3-1-2-4-17(16)24-20/h1-8,11,13H,9-10H2,(H,23,24). The second-order valence-electron chi connectivity index (χ2n) is 6.57. The Morgan fingerprint density at radius 2 is 1.88 bits per heavy atom. The van der Waals surface area contributed by atoms with Crippen molar-refractivity contribution < 1.29 is 4.79 Å². The quantitative estimate of drug-likeness (QED) is 0.577. The monoisotopic (exact) mass is 362 g/mol. The molecular formula is C20H15ClN4O. The van der Waals surface area contributed by atoms with Gasteiger partial charge in [-0.15, -0.1) is 0 Å². The fraction of sp³-hybridized carbons (Fsp3) is 0.150. The van der Waals surface area contributed by atoms with E-state index in [1.807, 2.05) is 48.5 Å². The summed E-state index contributed by atoms with van der Waals surface area (Å²) in [6.45, 7) is 0. The first-order chi connectivity index (χ1) is 12.7. The van der Waals surface area contributed by atoms with Crippen LogP contribution >= 0.6 is 11.6 Å². The maximum atomic E-state index is 12.6. The molecule has 0 radical (unpaired) electrons. The number of nitrogens with zero attached hydrogens (tertiary/aromatic N) is 3. The zero-order valence-electron chi connectivity index (χ0n) is 13.8. The number of imidazole rings is 1. The summed E-state index contributed by atoms with van der Waals surface area (Å²) in [5, 5.41) is 5.13. The number of hydrogen-bond acceptors (Lipinski definition) is 3. The number of carbonyl (C=O) groups is 1. The first-order valence-electron chi connectivity index (χ1n) is 8.50. The average molecular weight is 363 g/mol. The van der Waals surface area contributed by atoms with Crippen molar-refractivity contribution in [3.05, 3.63) is 76.6 Å². The maximum Gasteiger partial charge on any atom is 0.229 e. The number of aromatic amines is 1. The van der Waals surface area contributed by atoms with Gasteiger partial charge < -0.3 is 4.98 Å². The number of carbonyl (C=O) groups excluding carboxylic acids is 1. The van der Waals surface area contributed by atoms with Crippen LogP contribution in [0, 0.1) is 0 Å². The summed E-state index contributed by atoms with van der Waals surface area (Å²) in [5.74, 6) is 0.873. The second-order valence-corrected chi connectivity index (χ2v) is 7.01. The summed E-state index contributed by atoms with van der Waals surface area (Å²) >= 11 is 5.99. The molecule has 0 saturated carbocycles. The maximum absolute atomic E-state index is 12.6. The van der Waals surface area contributed by atoms with Crippen LogP contribution < -0.4 is 0 Å². The number of nitrogens with one attached hydrogen (secondary N) is 1. The lowest BCUT2D eigenvalue weighted by Crippen LogP contribution is -2.20. The molecular weight excluding hydrogens is 348 g/mol. The molecule has 1 N–H and O–H groups in total. The number of Topliss-reactive ketones (excluding diaryl/α,β-unsaturated/α-hetero) is 1. The van der Waals surface area contributed by atoms with Gasteiger partial charge in [0, 0.05) is 11.4 Å². The van der Waals surface area contributed by atoms with Crippen LogP contribution in [0.3, 0.4) is 0 Å². The number of H-pyrrole nitrogens is 1. The van der Waals surface area contributed by atoms with Crippen molar-refractivity contribution in [2.75, 3.05) is 0 Å². The minimum absolute atomic E-state index is 0.118. The minimum Gasteiger partial charge on any atom is -0.322 e. The van der Waals surface area contributed by atoms with Crippen LogP contribution in [-0.4, -0.2) is 25.5 Å². The minimum atomic E-state index is 0.118. The molecule has 0 saturated heterocycles. The highest BCUT2D eigenvalue weighted by molar-refractivity contribution is 6.30. The molecule has 5 nitrogen and oxygen atoms in total. The fourth-order valence-corrected chi connectivity index (χ4v) is 3.76. The molecule has 0 bridgehead atoms. The van der Waals surface area contributed by atoms with E-state index >= 15 is 0 Å². The Hall–Kier alpha value is -2.92. The summed E-state index contributed by atoms with van der Waals surface area (Å²) in [6, 6.07) is 15.6. The molecule has 0 spiro atoms. The van der Waals surface area contributed by atoms with Gasteiger partial charge in [-0.25, -0.2) is 9.67 Å². The molecule has 0 amide bonds. The zero-order valence-corrected chi connectivity index (χ0v) is 14.6. The number of halogens is 1. The summed E-state index contributed by atoms with van der Waals surface area (Å²) in [7, 11) is 0. The third-order valence-corrected chi connectivity index (χ3v) is 5.21. The average Bonchev–Trinajstić information content (AvgIpc) is 3.26. The Bertz CT molecular complexity index is 1090. The van der Waals surface area contributed by atoms with Gasteiger partial charge in [0.25, 0.3) is 0 Å². The predicted octanol–water partition coefficient (Wildman–Crippen LogP) is 4.31. The highest BCUT2D eigenvalue weighted by Crippen LogP contribution is 2.34. The first-order valence-corrected chi connectivity index (χ1v) is 8.87. The highest BCUT2D eigenvalue weighted by Gasteiger charge is 2.30. The van der Waals surface area contributed by atoms with E-state index in [4.69, 9.17) is 11.6 Å². The number of aromatic nitrogens is 4. The van der Waals surface area contributed by atoms with E-state index in [0.29, 0.717) is 23.0 Å². The van der Waals surface area contributed by atoms with Crippen LogP contribution in [0.5, 0.6) is 0 Å². The van der Waals surface area contributed by atoms with E-state index in [0.717, 1.165) is 28.7 Å². The lowest BCUT2D eigenvalue weighted by Gasteiger charge is -2.22. The van der Waals surface area contributed by atoms with Gasteiger partial charge in [0.1, 0.15) is 0 Å². The topological polar surface area (TPSA) is 63.6 Å². The van der Waals surface area contributed by atoms with E-state index in [1.54, 1.807) is 10.9 Å². The number of benzene rings is 2. The van der Waals surface area contributed by atoms with Gasteiger partial charge in [0.15, 0.2) is 5.78 Å². The van der Waals surface area contributed by atoms with E-state index in [9.17, 15) is 4.79 Å². The largest absolute Gasteiger partial charge is 0.322 e. The lowest BCUT2D eigenvalue weighted by atomic mass is 9.82. The molecule has 0 fully saturated rings. The summed E-state index contributed by atoms with van der Waals surface area (Å²) in [6.07, 6.45) is 2.88. The molecule has 6 heteroatoms. The molecule has 2 aromatic carbocycles. The van der Waals surface area contributed by atoms with Gasteiger partial charge in [-0.2, -0.15) is 5.10 Å². The number of ketones is 1. The number of fused-ring (bicyclic) bond motifs is 2. The van der Waals surface area contributed by atoms with Crippen molar-refractivity contribution in [2.24, 2.45) is 0 Å². The van der Waals surface area contributed by atoms with Crippen LogP contribution in [0.4, 0.5) is 0 Å². The Labute approximate surface area is 154 Å². The fourth-order valence-electron chi connectivity index (χ4n) is 3.64. The summed E-state index contributed by atoms with van der Waals surface area (Å²) in [4.78, 5) is 20.5. The molecule has 4 aromatic rings. The van der Waals surface area contributed by atoms with Gasteiger partial charge in [-0.3, -0.25) is 4.79 Å². The lowest BCUT2D eigenvalue weighted by molar-refractivity contribution is 0.0963. The van der Waals surface area contributed by atoms with Gasteiger partial charge in [0.05, 0.1) is 28.5 Å². The normalized spacial score (nSPS) is 16.8. The summed E-state index contributed by atoms with van der Waals surface area (Å²) < 4.78 is 1.76. The van der Waals surface area contributed by atoms with E-state index in [2.05, 4.69) is 15.1 Å². The van der Waals surface area contributed by atoms with Crippen molar-refractivity contribution in [2.45, 2.75) is 18.8 Å². The SMILES string of the molecule is O=C1CC(c2ccc(Cl)cc2)Cc2c1cnn2-c1nc2ccccc2[nH]1. The number of para-hydroxylation sites is 2. The molecule has 1 unspecified atom stereocenters. The van der Waals surface area contributed by atoms with Crippen molar-refractivity contribution in [3.63, 3.8) is 0 Å². The van der Waals surface area contributed by atoms with Crippen LogP contribution in [-0.2, 0) is 6.42 Å². The predicted molar refractivity (Wildman–Crippen MR) is 100 cm³/mol. The number of rotatable bonds is 2. The van der Waals surface area contributed by atoms with Gasteiger partial charge in [-0.1, -0.05) is 35.9 Å². The molecule has 5 rings (SSSR count). The Morgan fingerprint density at radius 3 is 2.69 bits per heavy atom. The Kier molecular flexibility index (Phi) is 3.43. The summed E-state index contributed by atoms with van der Waals surface area (Å²) in [5.41, 5.74) is 4.54. The third kappa shape index (κ3) is 2.44. The van der Waals surface area contributed by atoms with E-state index < -0.39 is 0 Å². The van der Waals surface area contributed by atoms with Gasteiger partial charge in [0.2, 0.25) is 5.95 Å². The molecule has 2 aromatic heterocycles. The molecule has 128 valence electrons. The first kappa shape index (κ1) is 15.3. The molecule has 1 atom stereocenters. The molecule has 2 heterocycles. The van der Waals surface area contributed by atoms with Crippen molar-refractivity contribution in [1.82, 2.24) is 19.7 Å². The van der Waals surface area contributed by atoms with E-state index in [1.165, 1.54) is 0 Å². The van der Waals surface area contributed by atoms with Crippen LogP contribution in [0.15, 0.2) is 54.7 Å². The van der Waals surface area contributed by atoms with Gasteiger partial charge >= 0.3 is 0 Å². The molecule has 1 aliphatic rings. The molecule has 26 heavy (non-hydrogen) atoms. The van der Waals surface area contributed by atoms with Crippen LogP contribution in [0.25, 0.3) is 17.0 Å². The van der Waals surface area contributed by atoms with Crippen molar-refractivity contribution >= 4 is 28.4 Å².